The van der Waals surface area contributed by atoms with Crippen LogP contribution in [0.5, 0.6) is 0 Å². The number of benzene rings is 1. The third-order valence-corrected chi connectivity index (χ3v) is 4.21. The molecule has 0 saturated heterocycles. The van der Waals surface area contributed by atoms with Gasteiger partial charge in [-0.05, 0) is 11.0 Å². The van der Waals surface area contributed by atoms with E-state index in [1.165, 1.54) is 27.1 Å². The Labute approximate surface area is 77.1 Å². The van der Waals surface area contributed by atoms with E-state index in [0.29, 0.717) is 5.41 Å². The van der Waals surface area contributed by atoms with Crippen molar-refractivity contribution in [2.24, 2.45) is 0 Å². The molecule has 0 spiro atoms. The minimum absolute atomic E-state index is 0.396. The van der Waals surface area contributed by atoms with Gasteiger partial charge in [-0.3, -0.25) is 0 Å². The predicted octanol–water partition coefficient (Wildman–Crippen LogP) is 2.02. The van der Waals surface area contributed by atoms with Crippen LogP contribution in [0.3, 0.4) is 0 Å². The van der Waals surface area contributed by atoms with Crippen molar-refractivity contribution in [1.82, 2.24) is 0 Å². The molecule has 0 fully saturated rings. The van der Waals surface area contributed by atoms with Crippen LogP contribution >= 0.6 is 0 Å². The number of rotatable bonds is 2. The molecule has 1 aromatic carbocycles. The molecule has 0 heterocycles. The fourth-order valence-corrected chi connectivity index (χ4v) is 1.50. The Balaban J connectivity index is 2.93. The second kappa shape index (κ2) is 3.43. The first-order chi connectivity index (χ1) is 5.17. The van der Waals surface area contributed by atoms with Crippen LogP contribution < -0.4 is 0 Å². The van der Waals surface area contributed by atoms with E-state index in [4.69, 9.17) is 0 Å². The summed E-state index contributed by atoms with van der Waals surface area (Å²) in [4.78, 5) is 0. The summed E-state index contributed by atoms with van der Waals surface area (Å²) in [6, 6.07) is 10.8. The minimum atomic E-state index is 0.396. The van der Waals surface area contributed by atoms with Gasteiger partial charge in [-0.1, -0.05) is 49.5 Å². The largest absolute Gasteiger partial charge is 0.213 e. The van der Waals surface area contributed by atoms with E-state index in [0.717, 1.165) is 0 Å². The molecule has 0 N–H and O–H groups in total. The molecule has 0 unspecified atom stereocenters. The van der Waals surface area contributed by atoms with Gasteiger partial charge in [-0.15, -0.1) is 0 Å². The van der Waals surface area contributed by atoms with Crippen LogP contribution in [0.2, 0.25) is 5.28 Å². The van der Waals surface area contributed by atoms with Gasteiger partial charge in [-0.2, -0.15) is 0 Å². The molecule has 0 radical (unpaired) electrons. The summed E-state index contributed by atoms with van der Waals surface area (Å²) in [5.41, 5.74) is 1.86. The highest BCUT2D eigenvalue weighted by Crippen LogP contribution is 2.25. The van der Waals surface area contributed by atoms with Crippen molar-refractivity contribution in [1.29, 1.82) is 0 Å². The summed E-state index contributed by atoms with van der Waals surface area (Å²) in [6.07, 6.45) is 0. The van der Waals surface area contributed by atoms with Gasteiger partial charge < -0.3 is 0 Å². The van der Waals surface area contributed by atoms with Crippen LogP contribution in [0.15, 0.2) is 30.3 Å². The average molecular weight is 162 g/mol. The fourth-order valence-electron chi connectivity index (χ4n) is 1.09. The van der Waals surface area contributed by atoms with Gasteiger partial charge >= 0.3 is 0 Å². The summed E-state index contributed by atoms with van der Waals surface area (Å²) in [5, 5.41) is 1.33. The molecule has 0 aromatic heterocycles. The molecule has 0 amide bonds. The molecule has 1 aromatic rings. The Morgan fingerprint density at radius 2 is 1.73 bits per heavy atom. The molecule has 0 aliphatic heterocycles. The molecule has 58 valence electrons. The summed E-state index contributed by atoms with van der Waals surface area (Å²) in [7, 11) is 0. The summed E-state index contributed by atoms with van der Waals surface area (Å²) in [6.45, 7) is 4.63. The maximum absolute atomic E-state index is 2.31. The van der Waals surface area contributed by atoms with E-state index in [1.807, 2.05) is 0 Å². The highest BCUT2D eigenvalue weighted by atomic mass is 27.0. The van der Waals surface area contributed by atoms with Gasteiger partial charge in [0.05, 0.1) is 0 Å². The summed E-state index contributed by atoms with van der Waals surface area (Å²) < 4.78 is 0. The molecule has 0 aliphatic carbocycles. The Kier molecular flexibility index (Phi) is 2.76. The smallest absolute Gasteiger partial charge is 0.0924 e. The molecule has 0 aliphatic rings. The van der Waals surface area contributed by atoms with Gasteiger partial charge in [0, 0.05) is 0 Å². The highest BCUT2D eigenvalue weighted by Gasteiger charge is 2.16. The topological polar surface area (TPSA) is 0 Å². The van der Waals surface area contributed by atoms with E-state index in [1.54, 1.807) is 0 Å². The van der Waals surface area contributed by atoms with Gasteiger partial charge in [0.1, 0.15) is 0 Å². The van der Waals surface area contributed by atoms with Crippen LogP contribution in [0, 0.1) is 0 Å². The molecule has 1 heteroatoms. The van der Waals surface area contributed by atoms with Gasteiger partial charge in [0.2, 0.25) is 16.3 Å². The summed E-state index contributed by atoms with van der Waals surface area (Å²) in [5.74, 6) is 0. The van der Waals surface area contributed by atoms with Crippen molar-refractivity contribution in [3.8, 4) is 0 Å². The predicted molar refractivity (Wildman–Crippen MR) is 52.8 cm³/mol. The second-order valence-electron chi connectivity index (χ2n) is 3.60. The normalized spacial score (nSPS) is 11.5. The van der Waals surface area contributed by atoms with Crippen molar-refractivity contribution in [2.75, 3.05) is 0 Å². The van der Waals surface area contributed by atoms with E-state index in [-0.39, 0.29) is 0 Å². The monoisotopic (exact) mass is 162 g/mol. The van der Waals surface area contributed by atoms with Crippen molar-refractivity contribution >= 4 is 16.3 Å². The Bertz CT molecular complexity index is 214. The third kappa shape index (κ3) is 2.09. The first-order valence-corrected chi connectivity index (χ1v) is 5.64. The van der Waals surface area contributed by atoms with Gasteiger partial charge in [-0.25, -0.2) is 0 Å². The molecule has 0 saturated carbocycles. The van der Waals surface area contributed by atoms with Crippen LogP contribution in [-0.4, -0.2) is 16.3 Å². The van der Waals surface area contributed by atoms with E-state index in [2.05, 4.69) is 44.2 Å². The Morgan fingerprint density at radius 3 is 2.18 bits per heavy atom. The minimum Gasteiger partial charge on any atom is -0.0924 e. The Hall–Kier alpha value is -0.248. The number of hydrogen-bond donors (Lipinski definition) is 0. The van der Waals surface area contributed by atoms with Crippen LogP contribution in [0.25, 0.3) is 0 Å². The second-order valence-corrected chi connectivity index (χ2v) is 4.31. The van der Waals surface area contributed by atoms with Crippen molar-refractivity contribution in [3.05, 3.63) is 35.9 Å². The molecule has 0 atom stereocenters. The zero-order chi connectivity index (χ0) is 8.32. The Morgan fingerprint density at radius 1 is 1.18 bits per heavy atom. The maximum Gasteiger partial charge on any atom is 0.213 e. The van der Waals surface area contributed by atoms with Crippen LogP contribution in [-0.2, 0) is 5.41 Å². The molecule has 11 heavy (non-hydrogen) atoms. The zero-order valence-electron chi connectivity index (χ0n) is 7.59. The van der Waals surface area contributed by atoms with Gasteiger partial charge in [0.15, 0.2) is 0 Å². The quantitative estimate of drug-likeness (QED) is 0.583. The lowest BCUT2D eigenvalue weighted by Crippen LogP contribution is -2.15. The first kappa shape index (κ1) is 8.85. The van der Waals surface area contributed by atoms with Gasteiger partial charge in [0.25, 0.3) is 0 Å². The molecular formula is C10H15Al. The van der Waals surface area contributed by atoms with Crippen LogP contribution in [0.4, 0.5) is 0 Å². The van der Waals surface area contributed by atoms with E-state index in [9.17, 15) is 0 Å². The molecule has 1 rings (SSSR count). The molecule has 0 nitrogen and oxygen atoms in total. The van der Waals surface area contributed by atoms with E-state index < -0.39 is 0 Å². The molecule has 0 bridgehead atoms. The van der Waals surface area contributed by atoms with Crippen LogP contribution in [0.1, 0.15) is 19.4 Å². The lowest BCUT2D eigenvalue weighted by molar-refractivity contribution is 0.590. The third-order valence-electron chi connectivity index (χ3n) is 2.44. The SMILES string of the molecule is CC(C)([CH2][AlH2])c1ccccc1. The maximum atomic E-state index is 2.31. The van der Waals surface area contributed by atoms with Crippen molar-refractivity contribution in [3.63, 3.8) is 0 Å². The van der Waals surface area contributed by atoms with E-state index >= 15 is 0 Å². The van der Waals surface area contributed by atoms with Crippen molar-refractivity contribution < 1.29 is 0 Å². The average Bonchev–Trinajstić information content (AvgIpc) is 2.06. The first-order valence-electron chi connectivity index (χ1n) is 4.22. The summed E-state index contributed by atoms with van der Waals surface area (Å²) >= 11 is 1.28. The number of hydrogen-bond acceptors (Lipinski definition) is 0. The van der Waals surface area contributed by atoms with Crippen molar-refractivity contribution in [2.45, 2.75) is 24.5 Å². The standard InChI is InChI=1S/C10H13.Al.2H/c1-10(2,3)9-7-5-4-6-8-9;;;/h4-8H,1H2,2-3H3;;;. The fraction of sp³-hybridized carbons (Fsp3) is 0.400. The lowest BCUT2D eigenvalue weighted by Gasteiger charge is -2.23. The lowest BCUT2D eigenvalue weighted by atomic mass is 9.87. The zero-order valence-corrected chi connectivity index (χ0v) is 9.59. The molecular weight excluding hydrogens is 147 g/mol. The highest BCUT2D eigenvalue weighted by molar-refractivity contribution is 6.09.